The lowest BCUT2D eigenvalue weighted by atomic mass is 10.2. The number of methoxy groups -OCH3 is 1. The highest BCUT2D eigenvalue weighted by Gasteiger charge is 2.20. The van der Waals surface area contributed by atoms with Gasteiger partial charge in [-0.3, -0.25) is 0 Å². The van der Waals surface area contributed by atoms with Crippen LogP contribution in [-0.2, 0) is 4.74 Å². The summed E-state index contributed by atoms with van der Waals surface area (Å²) < 4.78 is 4.77. The summed E-state index contributed by atoms with van der Waals surface area (Å²) in [7, 11) is 1.36. The summed E-state index contributed by atoms with van der Waals surface area (Å²) in [5.74, 6) is 0.279. The number of carbonyl (C=O) groups is 1. The lowest BCUT2D eigenvalue weighted by Crippen LogP contribution is -2.12. The summed E-state index contributed by atoms with van der Waals surface area (Å²) in [6, 6.07) is 0.204. The molecule has 0 saturated carbocycles. The Morgan fingerprint density at radius 1 is 1.42 bits per heavy atom. The molecule has 0 aliphatic heterocycles. The third-order valence-corrected chi connectivity index (χ3v) is 3.89. The van der Waals surface area contributed by atoms with Gasteiger partial charge in [0.1, 0.15) is 15.5 Å². The molecule has 19 heavy (non-hydrogen) atoms. The molecule has 0 aliphatic rings. The van der Waals surface area contributed by atoms with E-state index in [0.717, 1.165) is 10.9 Å². The molecule has 0 aromatic carbocycles. The Balaban J connectivity index is 2.68. The second kappa shape index (κ2) is 5.30. The van der Waals surface area contributed by atoms with E-state index in [0.29, 0.717) is 15.5 Å². The van der Waals surface area contributed by atoms with Crippen molar-refractivity contribution in [2.75, 3.05) is 12.4 Å². The van der Waals surface area contributed by atoms with E-state index >= 15 is 0 Å². The average Bonchev–Trinajstić information content (AvgIpc) is 2.64. The van der Waals surface area contributed by atoms with Gasteiger partial charge >= 0.3 is 5.97 Å². The summed E-state index contributed by atoms with van der Waals surface area (Å²) in [6.07, 6.45) is 0. The Labute approximate surface area is 120 Å². The molecule has 2 rings (SSSR count). The van der Waals surface area contributed by atoms with E-state index in [1.54, 1.807) is 0 Å². The standard InChI is InChI=1S/C12H14ClN3O2S/c1-5(2)14-9-7-6(3)8(11(17)18-4)19-10(7)16-12(13)15-9/h5H,1-4H3,(H,14,15,16). The summed E-state index contributed by atoms with van der Waals surface area (Å²) in [5, 5.41) is 4.20. The molecule has 0 fully saturated rings. The Hall–Kier alpha value is -1.40. The van der Waals surface area contributed by atoms with Crippen molar-refractivity contribution >= 4 is 44.9 Å². The summed E-state index contributed by atoms with van der Waals surface area (Å²) in [4.78, 5) is 21.3. The van der Waals surface area contributed by atoms with Crippen molar-refractivity contribution in [3.8, 4) is 0 Å². The van der Waals surface area contributed by atoms with Crippen LogP contribution in [-0.4, -0.2) is 29.1 Å². The van der Waals surface area contributed by atoms with Gasteiger partial charge in [-0.1, -0.05) is 0 Å². The van der Waals surface area contributed by atoms with Crippen LogP contribution in [0.15, 0.2) is 0 Å². The van der Waals surface area contributed by atoms with Gasteiger partial charge in [0.05, 0.1) is 12.5 Å². The number of halogens is 1. The van der Waals surface area contributed by atoms with E-state index in [1.165, 1.54) is 18.4 Å². The van der Waals surface area contributed by atoms with Crippen LogP contribution in [0.3, 0.4) is 0 Å². The number of aromatic nitrogens is 2. The molecule has 0 amide bonds. The number of nitrogens with zero attached hydrogens (tertiary/aromatic N) is 2. The van der Waals surface area contributed by atoms with E-state index in [-0.39, 0.29) is 17.3 Å². The minimum atomic E-state index is -0.368. The molecule has 7 heteroatoms. The highest BCUT2D eigenvalue weighted by atomic mass is 35.5. The Kier molecular flexibility index (Phi) is 3.91. The third kappa shape index (κ3) is 2.64. The number of fused-ring (bicyclic) bond motifs is 1. The van der Waals surface area contributed by atoms with Gasteiger partial charge in [0.2, 0.25) is 5.28 Å². The molecule has 102 valence electrons. The van der Waals surface area contributed by atoms with Gasteiger partial charge in [-0.05, 0) is 37.9 Å². The van der Waals surface area contributed by atoms with Crippen molar-refractivity contribution in [3.63, 3.8) is 0 Å². The molecule has 0 aliphatic carbocycles. The van der Waals surface area contributed by atoms with Gasteiger partial charge in [0, 0.05) is 6.04 Å². The smallest absolute Gasteiger partial charge is 0.348 e. The van der Waals surface area contributed by atoms with Crippen LogP contribution in [0, 0.1) is 6.92 Å². The second-order valence-electron chi connectivity index (χ2n) is 4.37. The van der Waals surface area contributed by atoms with E-state index in [1.807, 2.05) is 20.8 Å². The first-order valence-corrected chi connectivity index (χ1v) is 6.95. The Bertz CT molecular complexity index is 639. The summed E-state index contributed by atoms with van der Waals surface area (Å²) in [5.41, 5.74) is 0.812. The molecule has 5 nitrogen and oxygen atoms in total. The Morgan fingerprint density at radius 3 is 2.68 bits per heavy atom. The van der Waals surface area contributed by atoms with E-state index in [2.05, 4.69) is 15.3 Å². The first-order valence-electron chi connectivity index (χ1n) is 5.75. The number of aryl methyl sites for hydroxylation is 1. The van der Waals surface area contributed by atoms with Crippen molar-refractivity contribution in [1.29, 1.82) is 0 Å². The minimum absolute atomic E-state index is 0.160. The molecule has 2 aromatic heterocycles. The number of hydrogen-bond acceptors (Lipinski definition) is 6. The number of carbonyl (C=O) groups excluding carboxylic acids is 1. The van der Waals surface area contributed by atoms with Gasteiger partial charge in [-0.25, -0.2) is 14.8 Å². The van der Waals surface area contributed by atoms with Crippen molar-refractivity contribution in [2.24, 2.45) is 0 Å². The SMILES string of the molecule is COC(=O)c1sc2nc(Cl)nc(NC(C)C)c2c1C. The zero-order chi connectivity index (χ0) is 14.2. The molecule has 0 bridgehead atoms. The van der Waals surface area contributed by atoms with E-state index in [9.17, 15) is 4.79 Å². The van der Waals surface area contributed by atoms with E-state index in [4.69, 9.17) is 16.3 Å². The topological polar surface area (TPSA) is 64.1 Å². The van der Waals surface area contributed by atoms with Crippen LogP contribution in [0.25, 0.3) is 10.2 Å². The van der Waals surface area contributed by atoms with Gasteiger partial charge in [0.15, 0.2) is 0 Å². The first kappa shape index (κ1) is 14.0. The van der Waals surface area contributed by atoms with Crippen molar-refractivity contribution < 1.29 is 9.53 Å². The first-order chi connectivity index (χ1) is 8.93. The quantitative estimate of drug-likeness (QED) is 0.696. The summed E-state index contributed by atoms with van der Waals surface area (Å²) >= 11 is 7.17. The fourth-order valence-corrected chi connectivity index (χ4v) is 3.10. The molecular weight excluding hydrogens is 286 g/mol. The molecule has 1 N–H and O–H groups in total. The maximum Gasteiger partial charge on any atom is 0.348 e. The molecule has 0 radical (unpaired) electrons. The van der Waals surface area contributed by atoms with Gasteiger partial charge in [-0.15, -0.1) is 11.3 Å². The van der Waals surface area contributed by atoms with Crippen LogP contribution < -0.4 is 5.32 Å². The van der Waals surface area contributed by atoms with Crippen LogP contribution in [0.2, 0.25) is 5.28 Å². The lowest BCUT2D eigenvalue weighted by Gasteiger charge is -2.10. The minimum Gasteiger partial charge on any atom is -0.465 e. The molecule has 0 unspecified atom stereocenters. The number of hydrogen-bond donors (Lipinski definition) is 1. The van der Waals surface area contributed by atoms with Gasteiger partial charge < -0.3 is 10.1 Å². The monoisotopic (exact) mass is 299 g/mol. The maximum absolute atomic E-state index is 11.7. The van der Waals surface area contributed by atoms with Crippen LogP contribution in [0.5, 0.6) is 0 Å². The number of rotatable bonds is 3. The summed E-state index contributed by atoms with van der Waals surface area (Å²) in [6.45, 7) is 5.86. The van der Waals surface area contributed by atoms with Crippen LogP contribution in [0.1, 0.15) is 29.1 Å². The number of esters is 1. The molecule has 2 aromatic rings. The van der Waals surface area contributed by atoms with Gasteiger partial charge in [0.25, 0.3) is 0 Å². The highest BCUT2D eigenvalue weighted by Crippen LogP contribution is 2.35. The maximum atomic E-state index is 11.7. The molecule has 0 atom stereocenters. The highest BCUT2D eigenvalue weighted by molar-refractivity contribution is 7.20. The van der Waals surface area contributed by atoms with E-state index < -0.39 is 0 Å². The predicted octanol–water partition coefficient (Wildman–Crippen LogP) is 3.26. The lowest BCUT2D eigenvalue weighted by molar-refractivity contribution is 0.0605. The molecule has 2 heterocycles. The zero-order valence-corrected chi connectivity index (χ0v) is 12.6. The van der Waals surface area contributed by atoms with Gasteiger partial charge in [-0.2, -0.15) is 0 Å². The molecule has 0 saturated heterocycles. The normalized spacial score (nSPS) is 11.1. The second-order valence-corrected chi connectivity index (χ2v) is 5.71. The predicted molar refractivity (Wildman–Crippen MR) is 77.3 cm³/mol. The molecule has 0 spiro atoms. The molecular formula is C12H14ClN3O2S. The number of anilines is 1. The van der Waals surface area contributed by atoms with Crippen molar-refractivity contribution in [3.05, 3.63) is 15.7 Å². The fraction of sp³-hybridized carbons (Fsp3) is 0.417. The number of thiophene rings is 1. The largest absolute Gasteiger partial charge is 0.465 e. The van der Waals surface area contributed by atoms with Crippen LogP contribution in [0.4, 0.5) is 5.82 Å². The van der Waals surface area contributed by atoms with Crippen molar-refractivity contribution in [1.82, 2.24) is 9.97 Å². The zero-order valence-electron chi connectivity index (χ0n) is 11.1. The number of ether oxygens (including phenoxy) is 1. The average molecular weight is 300 g/mol. The Morgan fingerprint density at radius 2 is 2.11 bits per heavy atom. The van der Waals surface area contributed by atoms with Crippen LogP contribution >= 0.6 is 22.9 Å². The van der Waals surface area contributed by atoms with Crippen molar-refractivity contribution in [2.45, 2.75) is 26.8 Å². The fourth-order valence-electron chi connectivity index (χ4n) is 1.78. The number of nitrogens with one attached hydrogen (secondary N) is 1. The third-order valence-electron chi connectivity index (χ3n) is 2.56.